The zero-order valence-corrected chi connectivity index (χ0v) is 11.7. The first kappa shape index (κ1) is 14.9. The first-order valence-corrected chi connectivity index (χ1v) is 6.76. The van der Waals surface area contributed by atoms with Crippen molar-refractivity contribution < 1.29 is 14.7 Å². The molecule has 1 atom stereocenters. The minimum absolute atomic E-state index is 0.0197. The first-order chi connectivity index (χ1) is 10.0. The summed E-state index contributed by atoms with van der Waals surface area (Å²) >= 11 is 0. The standard InChI is InChI=1S/C15H17N3O3/c1-10(14(19)20)12-8-18(9-12)15(21)17-13-4-2-11(3-5-13)6-7-16/h2-5,10,12H,6,8-9H2,1H3,(H,17,21)(H,19,20). The number of amides is 2. The minimum Gasteiger partial charge on any atom is -0.481 e. The second-order valence-corrected chi connectivity index (χ2v) is 5.25. The third-order valence-corrected chi connectivity index (χ3v) is 3.78. The van der Waals surface area contributed by atoms with Crippen molar-refractivity contribution in [1.82, 2.24) is 4.90 Å². The lowest BCUT2D eigenvalue weighted by molar-refractivity contribution is -0.144. The number of nitriles is 1. The van der Waals surface area contributed by atoms with Crippen molar-refractivity contribution in [3.8, 4) is 6.07 Å². The third-order valence-electron chi connectivity index (χ3n) is 3.78. The number of benzene rings is 1. The Morgan fingerprint density at radius 2 is 2.05 bits per heavy atom. The van der Waals surface area contributed by atoms with E-state index in [9.17, 15) is 9.59 Å². The Labute approximate surface area is 123 Å². The Balaban J connectivity index is 1.83. The molecule has 0 bridgehead atoms. The quantitative estimate of drug-likeness (QED) is 0.885. The summed E-state index contributed by atoms with van der Waals surface area (Å²) in [6.07, 6.45) is 0.342. The average Bonchev–Trinajstić information content (AvgIpc) is 2.39. The lowest BCUT2D eigenvalue weighted by Crippen LogP contribution is -2.54. The molecule has 6 heteroatoms. The normalized spacial score (nSPS) is 15.7. The number of carboxylic acid groups (broad SMARTS) is 1. The van der Waals surface area contributed by atoms with Gasteiger partial charge in [-0.25, -0.2) is 4.79 Å². The summed E-state index contributed by atoms with van der Waals surface area (Å²) in [5.41, 5.74) is 1.56. The van der Waals surface area contributed by atoms with Crippen molar-refractivity contribution in [1.29, 1.82) is 5.26 Å². The van der Waals surface area contributed by atoms with Crippen LogP contribution in [0.3, 0.4) is 0 Å². The second-order valence-electron chi connectivity index (χ2n) is 5.25. The van der Waals surface area contributed by atoms with Crippen molar-refractivity contribution in [3.63, 3.8) is 0 Å². The van der Waals surface area contributed by atoms with Crippen molar-refractivity contribution >= 4 is 17.7 Å². The highest BCUT2D eigenvalue weighted by molar-refractivity contribution is 5.90. The van der Waals surface area contributed by atoms with Crippen LogP contribution in [0.25, 0.3) is 0 Å². The minimum atomic E-state index is -0.826. The van der Waals surface area contributed by atoms with Crippen LogP contribution in [0.15, 0.2) is 24.3 Å². The summed E-state index contributed by atoms with van der Waals surface area (Å²) in [6.45, 7) is 2.59. The molecule has 0 aliphatic carbocycles. The van der Waals surface area contributed by atoms with E-state index in [2.05, 4.69) is 11.4 Å². The van der Waals surface area contributed by atoms with E-state index in [-0.39, 0.29) is 11.9 Å². The van der Waals surface area contributed by atoms with Crippen LogP contribution in [0.1, 0.15) is 12.5 Å². The molecule has 1 aromatic carbocycles. The van der Waals surface area contributed by atoms with Gasteiger partial charge < -0.3 is 15.3 Å². The Kier molecular flexibility index (Phi) is 4.43. The van der Waals surface area contributed by atoms with Crippen LogP contribution in [0.5, 0.6) is 0 Å². The number of nitrogens with one attached hydrogen (secondary N) is 1. The molecule has 0 radical (unpaired) electrons. The number of carboxylic acids is 1. The molecule has 2 amide bonds. The average molecular weight is 287 g/mol. The Morgan fingerprint density at radius 3 is 2.57 bits per heavy atom. The maximum Gasteiger partial charge on any atom is 0.321 e. The van der Waals surface area contributed by atoms with Gasteiger partial charge in [0.1, 0.15) is 0 Å². The first-order valence-electron chi connectivity index (χ1n) is 6.76. The maximum atomic E-state index is 12.0. The van der Waals surface area contributed by atoms with E-state index in [4.69, 9.17) is 10.4 Å². The fourth-order valence-electron chi connectivity index (χ4n) is 2.20. The summed E-state index contributed by atoms with van der Waals surface area (Å²) in [5.74, 6) is -1.24. The molecule has 0 aromatic heterocycles. The van der Waals surface area contributed by atoms with Gasteiger partial charge in [0.15, 0.2) is 0 Å². The molecular formula is C15H17N3O3. The summed E-state index contributed by atoms with van der Waals surface area (Å²) in [4.78, 5) is 24.4. The van der Waals surface area contributed by atoms with Crippen LogP contribution in [0.2, 0.25) is 0 Å². The number of hydrogen-bond donors (Lipinski definition) is 2. The number of carbonyl (C=O) groups excluding carboxylic acids is 1. The molecule has 21 heavy (non-hydrogen) atoms. The second kappa shape index (κ2) is 6.27. The number of rotatable bonds is 4. The molecule has 0 spiro atoms. The maximum absolute atomic E-state index is 12.0. The Bertz CT molecular complexity index is 571. The van der Waals surface area contributed by atoms with Gasteiger partial charge in [-0.05, 0) is 17.7 Å². The molecule has 110 valence electrons. The van der Waals surface area contributed by atoms with Crippen LogP contribution in [-0.4, -0.2) is 35.1 Å². The zero-order valence-electron chi connectivity index (χ0n) is 11.7. The van der Waals surface area contributed by atoms with Gasteiger partial charge in [-0.15, -0.1) is 0 Å². The van der Waals surface area contributed by atoms with E-state index in [0.29, 0.717) is 25.2 Å². The van der Waals surface area contributed by atoms with Gasteiger partial charge in [0.25, 0.3) is 0 Å². The highest BCUT2D eigenvalue weighted by Crippen LogP contribution is 2.24. The van der Waals surface area contributed by atoms with E-state index in [0.717, 1.165) is 5.56 Å². The number of urea groups is 1. The predicted octanol–water partition coefficient (Wildman–Crippen LogP) is 1.94. The molecule has 6 nitrogen and oxygen atoms in total. The van der Waals surface area contributed by atoms with Crippen LogP contribution in [0.4, 0.5) is 10.5 Å². The third kappa shape index (κ3) is 3.51. The Hall–Kier alpha value is -2.55. The van der Waals surface area contributed by atoms with E-state index < -0.39 is 11.9 Å². The topological polar surface area (TPSA) is 93.4 Å². The molecule has 1 fully saturated rings. The van der Waals surface area contributed by atoms with Gasteiger partial charge in [0.2, 0.25) is 0 Å². The summed E-state index contributed by atoms with van der Waals surface area (Å²) in [5, 5.41) is 20.3. The smallest absolute Gasteiger partial charge is 0.321 e. The number of aliphatic carboxylic acids is 1. The van der Waals surface area contributed by atoms with E-state index in [1.165, 1.54) is 0 Å². The van der Waals surface area contributed by atoms with Crippen LogP contribution < -0.4 is 5.32 Å². The molecule has 1 saturated heterocycles. The number of hydrogen-bond acceptors (Lipinski definition) is 3. The molecule has 1 aliphatic rings. The highest BCUT2D eigenvalue weighted by atomic mass is 16.4. The van der Waals surface area contributed by atoms with Crippen LogP contribution >= 0.6 is 0 Å². The van der Waals surface area contributed by atoms with Gasteiger partial charge in [-0.3, -0.25) is 4.79 Å². The molecule has 1 aliphatic heterocycles. The van der Waals surface area contributed by atoms with E-state index in [1.807, 2.05) is 0 Å². The molecule has 1 aromatic rings. The largest absolute Gasteiger partial charge is 0.481 e. The molecule has 0 saturated carbocycles. The van der Waals surface area contributed by atoms with Crippen LogP contribution in [-0.2, 0) is 11.2 Å². The molecule has 2 N–H and O–H groups in total. The molecule has 1 heterocycles. The monoisotopic (exact) mass is 287 g/mol. The van der Waals surface area contributed by atoms with Crippen LogP contribution in [0, 0.1) is 23.2 Å². The van der Waals surface area contributed by atoms with Crippen molar-refractivity contribution in [2.24, 2.45) is 11.8 Å². The Morgan fingerprint density at radius 1 is 1.43 bits per heavy atom. The predicted molar refractivity (Wildman–Crippen MR) is 76.6 cm³/mol. The van der Waals surface area contributed by atoms with Crippen molar-refractivity contribution in [2.45, 2.75) is 13.3 Å². The molecule has 1 unspecified atom stereocenters. The fraction of sp³-hybridized carbons (Fsp3) is 0.400. The van der Waals surface area contributed by atoms with Gasteiger partial charge in [-0.1, -0.05) is 19.1 Å². The SMILES string of the molecule is CC(C(=O)O)C1CN(C(=O)Nc2ccc(CC#N)cc2)C1. The van der Waals surface area contributed by atoms with Crippen molar-refractivity contribution in [2.75, 3.05) is 18.4 Å². The number of likely N-dealkylation sites (tertiary alicyclic amines) is 1. The molecular weight excluding hydrogens is 270 g/mol. The number of anilines is 1. The highest BCUT2D eigenvalue weighted by Gasteiger charge is 2.37. The van der Waals surface area contributed by atoms with Gasteiger partial charge in [-0.2, -0.15) is 5.26 Å². The summed E-state index contributed by atoms with van der Waals surface area (Å²) < 4.78 is 0. The number of nitrogens with zero attached hydrogens (tertiary/aromatic N) is 2. The zero-order chi connectivity index (χ0) is 15.4. The molecule has 2 rings (SSSR count). The van der Waals surface area contributed by atoms with Gasteiger partial charge >= 0.3 is 12.0 Å². The number of carbonyl (C=O) groups is 2. The summed E-state index contributed by atoms with van der Waals surface area (Å²) in [7, 11) is 0. The lowest BCUT2D eigenvalue weighted by atomic mass is 9.87. The van der Waals surface area contributed by atoms with Gasteiger partial charge in [0, 0.05) is 24.7 Å². The van der Waals surface area contributed by atoms with E-state index in [1.54, 1.807) is 36.1 Å². The lowest BCUT2D eigenvalue weighted by Gasteiger charge is -2.41. The fourth-order valence-corrected chi connectivity index (χ4v) is 2.20. The van der Waals surface area contributed by atoms with Gasteiger partial charge in [0.05, 0.1) is 18.4 Å². The van der Waals surface area contributed by atoms with E-state index >= 15 is 0 Å². The van der Waals surface area contributed by atoms with Crippen molar-refractivity contribution in [3.05, 3.63) is 29.8 Å². The summed E-state index contributed by atoms with van der Waals surface area (Å²) in [6, 6.07) is 8.93.